The molecule has 0 radical (unpaired) electrons. The van der Waals surface area contributed by atoms with E-state index < -0.39 is 5.82 Å². The zero-order chi connectivity index (χ0) is 19.8. The Labute approximate surface area is 168 Å². The van der Waals surface area contributed by atoms with Gasteiger partial charge in [0.25, 0.3) is 0 Å². The first-order valence-corrected chi connectivity index (χ1v) is 9.69. The van der Waals surface area contributed by atoms with E-state index in [1.54, 1.807) is 0 Å². The molecule has 1 amide bonds. The lowest BCUT2D eigenvalue weighted by atomic mass is 9.38. The average Bonchev–Trinajstić information content (AvgIpc) is 2.60. The van der Waals surface area contributed by atoms with Gasteiger partial charge in [-0.15, -0.1) is 0 Å². The highest BCUT2D eigenvalue weighted by molar-refractivity contribution is 6.30. The fourth-order valence-corrected chi connectivity index (χ4v) is 4.76. The van der Waals surface area contributed by atoms with E-state index in [1.807, 2.05) is 30.3 Å². The minimum atomic E-state index is -0.570. The monoisotopic (exact) mass is 401 g/mol. The van der Waals surface area contributed by atoms with Crippen molar-refractivity contribution in [3.05, 3.63) is 64.9 Å². The molecule has 0 unspecified atom stereocenters. The lowest BCUT2D eigenvalue weighted by Gasteiger charge is -2.70. The molecule has 0 atom stereocenters. The lowest BCUT2D eigenvalue weighted by Crippen LogP contribution is -2.75. The highest BCUT2D eigenvalue weighted by atomic mass is 35.5. The van der Waals surface area contributed by atoms with Crippen molar-refractivity contribution in [1.82, 2.24) is 5.32 Å². The third kappa shape index (κ3) is 3.90. The maximum atomic E-state index is 13.4. The standard InChI is InChI=1S/C22H21ClFNO3/c23-18-7-6-17(9-19(18)24)28-11-16(26)10-21-12-22(13-21,14-21)25-20(27)8-15-4-2-1-3-5-15/h1-7,9H,8,10-14H2,(H,25,27). The van der Waals surface area contributed by atoms with Crippen LogP contribution in [0.5, 0.6) is 5.75 Å². The van der Waals surface area contributed by atoms with Crippen LogP contribution >= 0.6 is 11.6 Å². The predicted octanol–water partition coefficient (Wildman–Crippen LogP) is 4.10. The van der Waals surface area contributed by atoms with Crippen LogP contribution in [0.15, 0.2) is 48.5 Å². The quantitative estimate of drug-likeness (QED) is 0.724. The number of carbonyl (C=O) groups is 2. The van der Waals surface area contributed by atoms with Gasteiger partial charge in [-0.3, -0.25) is 9.59 Å². The van der Waals surface area contributed by atoms with Gasteiger partial charge in [0.1, 0.15) is 18.2 Å². The van der Waals surface area contributed by atoms with Gasteiger partial charge in [0.15, 0.2) is 5.78 Å². The van der Waals surface area contributed by atoms with Crippen LogP contribution < -0.4 is 10.1 Å². The fraction of sp³-hybridized carbons (Fsp3) is 0.364. The van der Waals surface area contributed by atoms with Crippen LogP contribution in [0.25, 0.3) is 0 Å². The third-order valence-electron chi connectivity index (χ3n) is 5.62. The summed E-state index contributed by atoms with van der Waals surface area (Å²) in [5.41, 5.74) is 0.852. The van der Waals surface area contributed by atoms with Gasteiger partial charge < -0.3 is 10.1 Å². The molecule has 3 fully saturated rings. The molecule has 6 heteroatoms. The summed E-state index contributed by atoms with van der Waals surface area (Å²) in [5.74, 6) is -0.269. The summed E-state index contributed by atoms with van der Waals surface area (Å²) in [4.78, 5) is 24.5. The van der Waals surface area contributed by atoms with E-state index in [1.165, 1.54) is 18.2 Å². The van der Waals surface area contributed by atoms with Crippen molar-refractivity contribution in [1.29, 1.82) is 0 Å². The molecule has 0 aromatic heterocycles. The molecule has 5 rings (SSSR count). The number of ether oxygens (including phenoxy) is 1. The fourth-order valence-electron chi connectivity index (χ4n) is 4.64. The van der Waals surface area contributed by atoms with Crippen molar-refractivity contribution >= 4 is 23.3 Å². The van der Waals surface area contributed by atoms with Gasteiger partial charge in [-0.25, -0.2) is 4.39 Å². The number of rotatable bonds is 8. The number of amides is 1. The number of halogens is 2. The summed E-state index contributed by atoms with van der Waals surface area (Å²) < 4.78 is 18.8. The first-order chi connectivity index (χ1) is 13.4. The topological polar surface area (TPSA) is 55.4 Å². The molecule has 3 saturated carbocycles. The second kappa shape index (κ2) is 7.21. The van der Waals surface area contributed by atoms with Crippen LogP contribution in [0.4, 0.5) is 4.39 Å². The molecule has 0 saturated heterocycles. The molecular formula is C22H21ClFNO3. The molecule has 0 spiro atoms. The van der Waals surface area contributed by atoms with Crippen molar-refractivity contribution in [2.24, 2.45) is 5.41 Å². The zero-order valence-electron chi connectivity index (χ0n) is 15.3. The van der Waals surface area contributed by atoms with E-state index in [2.05, 4.69) is 5.32 Å². The van der Waals surface area contributed by atoms with Crippen molar-refractivity contribution in [2.45, 2.75) is 37.6 Å². The number of ketones is 1. The Kier molecular flexibility index (Phi) is 4.88. The highest BCUT2D eigenvalue weighted by Gasteiger charge is 2.68. The molecule has 3 aliphatic carbocycles. The Morgan fingerprint density at radius 1 is 1.11 bits per heavy atom. The SMILES string of the molecule is O=C(COc1ccc(Cl)c(F)c1)CC12CC(NC(=O)Cc3ccccc3)(C1)C2. The zero-order valence-corrected chi connectivity index (χ0v) is 16.1. The molecule has 2 aromatic rings. The van der Waals surface area contributed by atoms with Crippen LogP contribution in [-0.4, -0.2) is 23.8 Å². The number of nitrogens with one attached hydrogen (secondary N) is 1. The number of hydrogen-bond donors (Lipinski definition) is 1. The second-order valence-electron chi connectivity index (χ2n) is 8.10. The summed E-state index contributed by atoms with van der Waals surface area (Å²) in [7, 11) is 0. The lowest BCUT2D eigenvalue weighted by molar-refractivity contribution is -0.172. The van der Waals surface area contributed by atoms with Crippen molar-refractivity contribution in [3.8, 4) is 5.75 Å². The Morgan fingerprint density at radius 2 is 1.82 bits per heavy atom. The van der Waals surface area contributed by atoms with Crippen molar-refractivity contribution in [2.75, 3.05) is 6.61 Å². The Bertz CT molecular complexity index is 895. The summed E-state index contributed by atoms with van der Waals surface area (Å²) in [5, 5.41) is 3.16. The van der Waals surface area contributed by atoms with Crippen LogP contribution in [0.1, 0.15) is 31.2 Å². The van der Waals surface area contributed by atoms with Gasteiger partial charge in [0, 0.05) is 18.0 Å². The van der Waals surface area contributed by atoms with Gasteiger partial charge in [0.05, 0.1) is 11.4 Å². The highest BCUT2D eigenvalue weighted by Crippen LogP contribution is 2.69. The largest absolute Gasteiger partial charge is 0.486 e. The molecule has 28 heavy (non-hydrogen) atoms. The number of hydrogen-bond acceptors (Lipinski definition) is 3. The molecule has 0 aliphatic heterocycles. The van der Waals surface area contributed by atoms with E-state index in [0.717, 1.165) is 24.8 Å². The average molecular weight is 402 g/mol. The van der Waals surface area contributed by atoms with E-state index in [9.17, 15) is 14.0 Å². The van der Waals surface area contributed by atoms with Crippen LogP contribution in [0, 0.1) is 11.2 Å². The second-order valence-corrected chi connectivity index (χ2v) is 8.51. The Hall–Kier alpha value is -2.40. The molecule has 4 nitrogen and oxygen atoms in total. The van der Waals surface area contributed by atoms with Crippen LogP contribution in [0.2, 0.25) is 5.02 Å². The van der Waals surface area contributed by atoms with Gasteiger partial charge in [-0.05, 0) is 42.4 Å². The molecule has 0 heterocycles. The summed E-state index contributed by atoms with van der Waals surface area (Å²) >= 11 is 5.63. The van der Waals surface area contributed by atoms with E-state index >= 15 is 0 Å². The van der Waals surface area contributed by atoms with Crippen molar-refractivity contribution < 1.29 is 18.7 Å². The van der Waals surface area contributed by atoms with Crippen LogP contribution in [-0.2, 0) is 16.0 Å². The van der Waals surface area contributed by atoms with E-state index in [0.29, 0.717) is 12.8 Å². The van der Waals surface area contributed by atoms with Gasteiger partial charge in [-0.1, -0.05) is 41.9 Å². The maximum Gasteiger partial charge on any atom is 0.224 e. The molecule has 146 valence electrons. The van der Waals surface area contributed by atoms with Gasteiger partial charge in [0.2, 0.25) is 5.91 Å². The maximum absolute atomic E-state index is 13.4. The Morgan fingerprint density at radius 3 is 2.50 bits per heavy atom. The van der Waals surface area contributed by atoms with Gasteiger partial charge in [-0.2, -0.15) is 0 Å². The number of benzene rings is 2. The van der Waals surface area contributed by atoms with Gasteiger partial charge >= 0.3 is 0 Å². The molecule has 2 bridgehead atoms. The van der Waals surface area contributed by atoms with Crippen LogP contribution in [0.3, 0.4) is 0 Å². The van der Waals surface area contributed by atoms with E-state index in [4.69, 9.17) is 16.3 Å². The molecule has 2 aromatic carbocycles. The first-order valence-electron chi connectivity index (χ1n) is 9.32. The summed E-state index contributed by atoms with van der Waals surface area (Å²) in [6.45, 7) is -0.0871. The third-order valence-corrected chi connectivity index (χ3v) is 5.92. The number of carbonyl (C=O) groups excluding carboxylic acids is 2. The summed E-state index contributed by atoms with van der Waals surface area (Å²) in [6, 6.07) is 13.8. The molecule has 1 N–H and O–H groups in total. The molecular weight excluding hydrogens is 381 g/mol. The Balaban J connectivity index is 1.20. The normalized spacial score (nSPS) is 24.6. The minimum Gasteiger partial charge on any atom is -0.486 e. The van der Waals surface area contributed by atoms with Crippen molar-refractivity contribution in [3.63, 3.8) is 0 Å². The predicted molar refractivity (Wildman–Crippen MR) is 104 cm³/mol. The minimum absolute atomic E-state index is 0.00822. The number of Topliss-reactive ketones (excluding diaryl/α,β-unsaturated/α-hetero) is 1. The first kappa shape index (κ1) is 18.9. The summed E-state index contributed by atoms with van der Waals surface area (Å²) in [6.07, 6.45) is 3.31. The smallest absolute Gasteiger partial charge is 0.224 e. The molecule has 3 aliphatic rings. The van der Waals surface area contributed by atoms with E-state index in [-0.39, 0.29) is 40.0 Å².